The lowest BCUT2D eigenvalue weighted by Crippen LogP contribution is -2.54. The molecule has 198 valence electrons. The van der Waals surface area contributed by atoms with E-state index in [0.29, 0.717) is 24.3 Å². The molecule has 7 atom stereocenters. The van der Waals surface area contributed by atoms with Crippen LogP contribution in [-0.4, -0.2) is 75.3 Å². The highest BCUT2D eigenvalue weighted by Crippen LogP contribution is 2.50. The van der Waals surface area contributed by atoms with Crippen molar-refractivity contribution in [1.29, 1.82) is 0 Å². The fourth-order valence-electron chi connectivity index (χ4n) is 6.64. The number of rotatable bonds is 8. The maximum Gasteiger partial charge on any atom is 0.233 e. The Bertz CT molecular complexity index is 944. The molecule has 5 rings (SSSR count). The van der Waals surface area contributed by atoms with E-state index in [-0.39, 0.29) is 50.0 Å². The summed E-state index contributed by atoms with van der Waals surface area (Å²) in [5, 5.41) is 35.9. The standard InChI is InChI=1S/C26H36N2O8/c29-16(12-34-14-17-7-4-10-35-17)13-36-27-20-11-21(30)24(31)22-18(20)8-9-19-23(22)26(33)28(25(19)32)15-5-2-1-3-6-15/h4,7,10,15-16,18-19,21-24,29-31H,1-3,5-6,8-9,11-14H2/t16-,18-,19+,21+,22-,23-,24+/m0/s1. The van der Waals surface area contributed by atoms with E-state index in [4.69, 9.17) is 14.0 Å². The Labute approximate surface area is 210 Å². The average molecular weight is 505 g/mol. The molecule has 0 aromatic carbocycles. The highest BCUT2D eigenvalue weighted by Gasteiger charge is 2.60. The molecule has 2 amide bonds. The number of fused-ring (bicyclic) bond motifs is 3. The van der Waals surface area contributed by atoms with Gasteiger partial charge in [0.2, 0.25) is 11.8 Å². The predicted molar refractivity (Wildman–Crippen MR) is 126 cm³/mol. The van der Waals surface area contributed by atoms with Crippen molar-refractivity contribution >= 4 is 17.5 Å². The topological polar surface area (TPSA) is 142 Å². The maximum atomic E-state index is 13.5. The molecule has 10 heteroatoms. The molecule has 10 nitrogen and oxygen atoms in total. The van der Waals surface area contributed by atoms with Gasteiger partial charge in [-0.25, -0.2) is 0 Å². The number of carbonyl (C=O) groups is 2. The van der Waals surface area contributed by atoms with Crippen molar-refractivity contribution in [2.45, 2.75) is 82.3 Å². The largest absolute Gasteiger partial charge is 0.467 e. The van der Waals surface area contributed by atoms with E-state index in [1.807, 2.05) is 0 Å². The molecule has 0 spiro atoms. The molecule has 1 aliphatic heterocycles. The summed E-state index contributed by atoms with van der Waals surface area (Å²) in [5.41, 5.74) is 0.566. The monoisotopic (exact) mass is 504 g/mol. The van der Waals surface area contributed by atoms with Gasteiger partial charge in [0.15, 0.2) is 0 Å². The molecule has 4 aliphatic rings. The number of hydrogen-bond acceptors (Lipinski definition) is 9. The van der Waals surface area contributed by atoms with Crippen LogP contribution in [0.1, 0.15) is 57.1 Å². The molecule has 1 aromatic heterocycles. The summed E-state index contributed by atoms with van der Waals surface area (Å²) >= 11 is 0. The minimum absolute atomic E-state index is 0.0380. The normalized spacial score (nSPS) is 35.1. The van der Waals surface area contributed by atoms with Crippen molar-refractivity contribution in [2.24, 2.45) is 28.8 Å². The Morgan fingerprint density at radius 3 is 2.58 bits per heavy atom. The summed E-state index contributed by atoms with van der Waals surface area (Å²) in [4.78, 5) is 33.7. The molecule has 0 radical (unpaired) electrons. The van der Waals surface area contributed by atoms with Crippen molar-refractivity contribution in [3.05, 3.63) is 24.2 Å². The molecule has 4 fully saturated rings. The van der Waals surface area contributed by atoms with Crippen LogP contribution < -0.4 is 0 Å². The Morgan fingerprint density at radius 2 is 1.83 bits per heavy atom. The molecule has 1 saturated heterocycles. The van der Waals surface area contributed by atoms with Crippen LogP contribution in [0.4, 0.5) is 0 Å². The van der Waals surface area contributed by atoms with Crippen molar-refractivity contribution in [2.75, 3.05) is 13.2 Å². The van der Waals surface area contributed by atoms with Gasteiger partial charge in [-0.2, -0.15) is 0 Å². The summed E-state index contributed by atoms with van der Waals surface area (Å²) in [6.07, 6.45) is 4.52. The van der Waals surface area contributed by atoms with E-state index < -0.39 is 36.1 Å². The summed E-state index contributed by atoms with van der Waals surface area (Å²) in [6.45, 7) is 0.173. The van der Waals surface area contributed by atoms with Gasteiger partial charge in [-0.15, -0.1) is 0 Å². The van der Waals surface area contributed by atoms with Crippen LogP contribution in [0.15, 0.2) is 28.0 Å². The number of carbonyl (C=O) groups excluding carboxylic acids is 2. The fraction of sp³-hybridized carbons (Fsp3) is 0.731. The van der Waals surface area contributed by atoms with Crippen LogP contribution in [0.5, 0.6) is 0 Å². The van der Waals surface area contributed by atoms with Crippen molar-refractivity contribution < 1.29 is 38.9 Å². The predicted octanol–water partition coefficient (Wildman–Crippen LogP) is 1.62. The third kappa shape index (κ3) is 4.96. The molecule has 2 heterocycles. The van der Waals surface area contributed by atoms with Gasteiger partial charge in [0.1, 0.15) is 25.1 Å². The zero-order valence-corrected chi connectivity index (χ0v) is 20.4. The van der Waals surface area contributed by atoms with Crippen LogP contribution >= 0.6 is 0 Å². The summed E-state index contributed by atoms with van der Waals surface area (Å²) < 4.78 is 10.6. The number of imide groups is 1. The zero-order chi connectivity index (χ0) is 25.2. The summed E-state index contributed by atoms with van der Waals surface area (Å²) in [5.74, 6) is -1.60. The lowest BCUT2D eigenvalue weighted by Gasteiger charge is -2.45. The van der Waals surface area contributed by atoms with E-state index in [2.05, 4.69) is 5.16 Å². The second-order valence-electron chi connectivity index (χ2n) is 10.6. The van der Waals surface area contributed by atoms with Gasteiger partial charge in [-0.1, -0.05) is 24.4 Å². The molecule has 0 bridgehead atoms. The van der Waals surface area contributed by atoms with Gasteiger partial charge in [0.05, 0.1) is 42.6 Å². The van der Waals surface area contributed by atoms with Crippen LogP contribution in [0.2, 0.25) is 0 Å². The van der Waals surface area contributed by atoms with Crippen molar-refractivity contribution in [3.8, 4) is 0 Å². The molecular formula is C26H36N2O8. The van der Waals surface area contributed by atoms with Gasteiger partial charge in [0.25, 0.3) is 0 Å². The Morgan fingerprint density at radius 1 is 1.06 bits per heavy atom. The molecule has 3 aliphatic carbocycles. The fourth-order valence-corrected chi connectivity index (χ4v) is 6.64. The number of hydrogen-bond donors (Lipinski definition) is 3. The number of aliphatic hydroxyl groups excluding tert-OH is 3. The second-order valence-corrected chi connectivity index (χ2v) is 10.6. The number of likely N-dealkylation sites (tertiary alicyclic amines) is 1. The highest BCUT2D eigenvalue weighted by molar-refractivity contribution is 6.06. The van der Waals surface area contributed by atoms with Crippen LogP contribution in [0.3, 0.4) is 0 Å². The highest BCUT2D eigenvalue weighted by atomic mass is 16.6. The zero-order valence-electron chi connectivity index (χ0n) is 20.4. The molecule has 1 aromatic rings. The molecule has 36 heavy (non-hydrogen) atoms. The number of aliphatic hydroxyl groups is 3. The lowest BCUT2D eigenvalue weighted by atomic mass is 9.60. The van der Waals surface area contributed by atoms with Gasteiger partial charge in [-0.3, -0.25) is 14.5 Å². The smallest absolute Gasteiger partial charge is 0.233 e. The molecule has 0 unspecified atom stereocenters. The van der Waals surface area contributed by atoms with Gasteiger partial charge in [-0.05, 0) is 37.8 Å². The Hall–Kier alpha value is -2.27. The average Bonchev–Trinajstić information content (AvgIpc) is 3.48. The van der Waals surface area contributed by atoms with Gasteiger partial charge < -0.3 is 29.3 Å². The summed E-state index contributed by atoms with van der Waals surface area (Å²) in [6, 6.07) is 3.48. The van der Waals surface area contributed by atoms with Gasteiger partial charge >= 0.3 is 0 Å². The second kappa shape index (κ2) is 11.0. The summed E-state index contributed by atoms with van der Waals surface area (Å²) in [7, 11) is 0. The van der Waals surface area contributed by atoms with Crippen LogP contribution in [0, 0.1) is 23.7 Å². The van der Waals surface area contributed by atoms with E-state index in [1.54, 1.807) is 18.4 Å². The number of ether oxygens (including phenoxy) is 1. The van der Waals surface area contributed by atoms with Gasteiger partial charge in [0, 0.05) is 24.3 Å². The van der Waals surface area contributed by atoms with E-state index in [0.717, 1.165) is 32.1 Å². The van der Waals surface area contributed by atoms with E-state index >= 15 is 0 Å². The number of nitrogens with zero attached hydrogens (tertiary/aromatic N) is 2. The first-order valence-corrected chi connectivity index (χ1v) is 13.2. The quantitative estimate of drug-likeness (QED) is 0.358. The minimum Gasteiger partial charge on any atom is -0.467 e. The number of amides is 2. The Kier molecular flexibility index (Phi) is 7.76. The SMILES string of the molecule is O=C1[C@@H]2[C@H]3[C@H](O)[C@H](O)CC(=NOC[C@@H](O)COCc4ccco4)[C@@H]3CC[C@H]2C(=O)N1C1CCCCC1. The minimum atomic E-state index is -1.11. The first-order chi connectivity index (χ1) is 17.5. The van der Waals surface area contributed by atoms with Crippen molar-refractivity contribution in [3.63, 3.8) is 0 Å². The molecule has 3 N–H and O–H groups in total. The molecular weight excluding hydrogens is 468 g/mol. The molecule has 3 saturated carbocycles. The van der Waals surface area contributed by atoms with E-state index in [9.17, 15) is 24.9 Å². The first-order valence-electron chi connectivity index (χ1n) is 13.2. The lowest BCUT2D eigenvalue weighted by molar-refractivity contribution is -0.145. The first kappa shape index (κ1) is 25.4. The Balaban J connectivity index is 1.23. The van der Waals surface area contributed by atoms with Crippen LogP contribution in [-0.2, 0) is 25.8 Å². The maximum absolute atomic E-state index is 13.5. The third-order valence-electron chi connectivity index (χ3n) is 8.34. The van der Waals surface area contributed by atoms with E-state index in [1.165, 1.54) is 4.90 Å². The van der Waals surface area contributed by atoms with Crippen LogP contribution in [0.25, 0.3) is 0 Å². The third-order valence-corrected chi connectivity index (χ3v) is 8.34. The number of furan rings is 1. The van der Waals surface area contributed by atoms with Crippen molar-refractivity contribution in [1.82, 2.24) is 4.90 Å². The number of oxime groups is 1.